The van der Waals surface area contributed by atoms with Gasteiger partial charge in [0.15, 0.2) is 0 Å². The Hall–Kier alpha value is -5.90. The summed E-state index contributed by atoms with van der Waals surface area (Å²) >= 11 is 0. The van der Waals surface area contributed by atoms with Crippen LogP contribution in [0.3, 0.4) is 0 Å². The van der Waals surface area contributed by atoms with Gasteiger partial charge in [0, 0.05) is 23.7 Å². The summed E-state index contributed by atoms with van der Waals surface area (Å²) in [6.07, 6.45) is 5.38. The summed E-state index contributed by atoms with van der Waals surface area (Å²) in [5.41, 5.74) is 2.39. The smallest absolute Gasteiger partial charge is 0.335 e. The van der Waals surface area contributed by atoms with Crippen molar-refractivity contribution in [3.63, 3.8) is 0 Å². The van der Waals surface area contributed by atoms with Crippen molar-refractivity contribution in [3.05, 3.63) is 95.1 Å². The Bertz CT molecular complexity index is 1600. The molecule has 0 saturated carbocycles. The average Bonchev–Trinajstić information content (AvgIpc) is 3.20. The number of rotatable bonds is 17. The summed E-state index contributed by atoms with van der Waals surface area (Å²) in [6, 6.07) is 19.9. The molecule has 3 aromatic rings. The van der Waals surface area contributed by atoms with Gasteiger partial charge in [0.2, 0.25) is 12.2 Å². The van der Waals surface area contributed by atoms with Gasteiger partial charge in [0.1, 0.15) is 0 Å². The minimum atomic E-state index is -1.13. The number of carboxylic acids is 4. The summed E-state index contributed by atoms with van der Waals surface area (Å²) in [5, 5.41) is 76.1. The first-order valence-electron chi connectivity index (χ1n) is 17.3. The van der Waals surface area contributed by atoms with Gasteiger partial charge < -0.3 is 46.0 Å². The molecule has 0 heterocycles. The summed E-state index contributed by atoms with van der Waals surface area (Å²) in [5.74, 6) is -3.99. The first-order valence-corrected chi connectivity index (χ1v) is 17.3. The van der Waals surface area contributed by atoms with Crippen molar-refractivity contribution in [2.24, 2.45) is 20.8 Å². The third-order valence-corrected chi connectivity index (χ3v) is 7.63. The van der Waals surface area contributed by atoms with E-state index in [1.54, 1.807) is 38.1 Å². The van der Waals surface area contributed by atoms with Crippen LogP contribution >= 0.6 is 0 Å². The molecule has 312 valence electrons. The lowest BCUT2D eigenvalue weighted by atomic mass is 9.88. The molecule has 0 amide bonds. The van der Waals surface area contributed by atoms with Crippen molar-refractivity contribution in [1.29, 1.82) is 0 Å². The molecule has 0 saturated heterocycles. The van der Waals surface area contributed by atoms with E-state index in [1.165, 1.54) is 30.4 Å². The van der Waals surface area contributed by atoms with E-state index in [1.807, 2.05) is 31.2 Å². The van der Waals surface area contributed by atoms with Crippen molar-refractivity contribution >= 4 is 47.4 Å². The highest BCUT2D eigenvalue weighted by molar-refractivity contribution is 5.93. The fourth-order valence-electron chi connectivity index (χ4n) is 3.59. The number of isocyanates is 2. The molecule has 0 aliphatic carbocycles. The first-order chi connectivity index (χ1) is 26.9. The maximum Gasteiger partial charge on any atom is 0.335 e. The Morgan fingerprint density at radius 3 is 1.14 bits per heavy atom. The molecule has 0 bridgehead atoms. The van der Waals surface area contributed by atoms with Crippen LogP contribution in [0.15, 0.2) is 82.8 Å². The van der Waals surface area contributed by atoms with Crippen LogP contribution in [0.4, 0.5) is 11.4 Å². The molecule has 9 N–H and O–H groups in total. The number of aromatic carboxylic acids is 2. The highest BCUT2D eigenvalue weighted by Crippen LogP contribution is 2.19. The molecular formula is C40H52N2O15. The van der Waals surface area contributed by atoms with Crippen LogP contribution in [0, 0.1) is 10.8 Å². The summed E-state index contributed by atoms with van der Waals surface area (Å²) < 4.78 is 0. The molecule has 17 heteroatoms. The van der Waals surface area contributed by atoms with E-state index in [0.29, 0.717) is 30.6 Å². The van der Waals surface area contributed by atoms with E-state index in [-0.39, 0.29) is 62.4 Å². The van der Waals surface area contributed by atoms with Gasteiger partial charge in [0.25, 0.3) is 0 Å². The minimum absolute atomic E-state index is 0.0186. The van der Waals surface area contributed by atoms with Crippen LogP contribution in [0.5, 0.6) is 0 Å². The third-order valence-electron chi connectivity index (χ3n) is 7.63. The SMILES string of the molecule is CC(C)(CO)CO.CCC(CO)(CO)CO.O=C(O)CCCCC(=O)O.O=C(O)c1cccc(C(=O)O)c1.O=C=Nc1ccc(Cc2ccc(N=C=O)cc2)cc1. The Labute approximate surface area is 330 Å². The fourth-order valence-corrected chi connectivity index (χ4v) is 3.59. The number of carboxylic acid groups (broad SMARTS) is 4. The molecule has 0 fully saturated rings. The molecule has 0 aliphatic heterocycles. The topological polar surface area (TPSA) is 309 Å². The van der Waals surface area contributed by atoms with Crippen molar-refractivity contribution in [2.45, 2.75) is 59.3 Å². The lowest BCUT2D eigenvalue weighted by molar-refractivity contribution is -0.139. The van der Waals surface area contributed by atoms with Crippen molar-refractivity contribution in [3.8, 4) is 0 Å². The predicted molar refractivity (Wildman–Crippen MR) is 207 cm³/mol. The Kier molecular flexibility index (Phi) is 28.3. The number of hydrogen-bond donors (Lipinski definition) is 9. The number of carbonyl (C=O) groups excluding carboxylic acids is 2. The quantitative estimate of drug-likeness (QED) is 0.0520. The van der Waals surface area contributed by atoms with E-state index in [2.05, 4.69) is 9.98 Å². The fraction of sp³-hybridized carbons (Fsp3) is 0.400. The Balaban J connectivity index is 0. The van der Waals surface area contributed by atoms with E-state index in [4.69, 9.17) is 46.0 Å². The van der Waals surface area contributed by atoms with Crippen LogP contribution in [-0.4, -0.2) is 115 Å². The van der Waals surface area contributed by atoms with Gasteiger partial charge in [-0.05, 0) is 79.3 Å². The number of carbonyl (C=O) groups is 4. The molecule has 0 aliphatic rings. The summed E-state index contributed by atoms with van der Waals surface area (Å²) in [6.45, 7) is 5.04. The van der Waals surface area contributed by atoms with Crippen LogP contribution in [0.25, 0.3) is 0 Å². The zero-order valence-electron chi connectivity index (χ0n) is 32.1. The van der Waals surface area contributed by atoms with E-state index in [9.17, 15) is 28.8 Å². The normalized spacial score (nSPS) is 10.0. The van der Waals surface area contributed by atoms with Crippen LogP contribution < -0.4 is 0 Å². The van der Waals surface area contributed by atoms with E-state index >= 15 is 0 Å². The number of benzene rings is 3. The molecule has 17 nitrogen and oxygen atoms in total. The van der Waals surface area contributed by atoms with E-state index in [0.717, 1.165) is 23.6 Å². The van der Waals surface area contributed by atoms with Gasteiger partial charge in [-0.3, -0.25) is 9.59 Å². The second kappa shape index (κ2) is 30.3. The molecule has 0 radical (unpaired) electrons. The third kappa shape index (κ3) is 25.7. The number of aliphatic imine (C=N–C) groups is 2. The molecular weight excluding hydrogens is 748 g/mol. The maximum absolute atomic E-state index is 10.4. The van der Waals surface area contributed by atoms with Gasteiger partial charge in [-0.2, -0.15) is 9.98 Å². The highest BCUT2D eigenvalue weighted by Gasteiger charge is 2.25. The van der Waals surface area contributed by atoms with Crippen molar-refractivity contribution in [1.82, 2.24) is 0 Å². The Morgan fingerprint density at radius 1 is 0.579 bits per heavy atom. The second-order valence-corrected chi connectivity index (χ2v) is 12.9. The minimum Gasteiger partial charge on any atom is -0.481 e. The highest BCUT2D eigenvalue weighted by atomic mass is 16.4. The largest absolute Gasteiger partial charge is 0.481 e. The predicted octanol–water partition coefficient (Wildman–Crippen LogP) is 4.37. The number of aliphatic hydroxyl groups excluding tert-OH is 5. The van der Waals surface area contributed by atoms with E-state index < -0.39 is 29.3 Å². The zero-order valence-corrected chi connectivity index (χ0v) is 32.1. The van der Waals surface area contributed by atoms with Crippen LogP contribution in [-0.2, 0) is 25.6 Å². The molecule has 0 aromatic heterocycles. The molecule has 3 rings (SSSR count). The molecule has 0 atom stereocenters. The average molecular weight is 801 g/mol. The number of aliphatic carboxylic acids is 2. The monoisotopic (exact) mass is 800 g/mol. The van der Waals surface area contributed by atoms with Crippen molar-refractivity contribution < 1.29 is 74.7 Å². The number of hydrogen-bond acceptors (Lipinski definition) is 13. The van der Waals surface area contributed by atoms with Gasteiger partial charge >= 0.3 is 23.9 Å². The van der Waals surface area contributed by atoms with Crippen LogP contribution in [0.1, 0.15) is 84.7 Å². The zero-order chi connectivity index (χ0) is 43.9. The van der Waals surface area contributed by atoms with Gasteiger partial charge in [-0.1, -0.05) is 51.1 Å². The second-order valence-electron chi connectivity index (χ2n) is 12.9. The van der Waals surface area contributed by atoms with Gasteiger partial charge in [0.05, 0.1) is 55.5 Å². The van der Waals surface area contributed by atoms with Gasteiger partial charge in [-0.25, -0.2) is 19.2 Å². The number of aliphatic hydroxyl groups is 5. The maximum atomic E-state index is 10.4. The lowest BCUT2D eigenvalue weighted by Crippen LogP contribution is -2.32. The number of unbranched alkanes of at least 4 members (excludes halogenated alkanes) is 1. The molecule has 0 unspecified atom stereocenters. The lowest BCUT2D eigenvalue weighted by Gasteiger charge is -2.24. The van der Waals surface area contributed by atoms with Crippen LogP contribution in [0.2, 0.25) is 0 Å². The van der Waals surface area contributed by atoms with Crippen molar-refractivity contribution in [2.75, 3.05) is 33.0 Å². The van der Waals surface area contributed by atoms with Gasteiger partial charge in [-0.15, -0.1) is 0 Å². The number of nitrogens with zero attached hydrogens (tertiary/aromatic N) is 2. The molecule has 0 spiro atoms. The standard InChI is InChI=1S/C15H10N2O2.C8H6O4.C6H10O4.C6H14O3.C5H12O2/c18-10-16-14-5-1-12(2-6-14)9-13-3-7-15(8-4-13)17-11-19;9-7(10)5-2-1-3-6(4-5)8(11)12;7-5(8)3-1-2-4-6(9)10;1-2-6(3-7,4-8)5-9;1-5(2,3-6)4-7/h1-8H,9H2;1-4H,(H,9,10)(H,11,12);1-4H2,(H,7,8)(H,9,10);7-9H,2-5H2,1H3;6-7H,3-4H2,1-2H3. The molecule has 57 heavy (non-hydrogen) atoms. The summed E-state index contributed by atoms with van der Waals surface area (Å²) in [4.78, 5) is 67.8. The summed E-state index contributed by atoms with van der Waals surface area (Å²) in [7, 11) is 0. The first kappa shape index (κ1) is 53.2. The molecule has 3 aromatic carbocycles. The Morgan fingerprint density at radius 2 is 0.930 bits per heavy atom.